The third-order valence-electron chi connectivity index (χ3n) is 2.29. The molecule has 0 aliphatic carbocycles. The van der Waals surface area contributed by atoms with Crippen molar-refractivity contribution in [3.63, 3.8) is 0 Å². The van der Waals surface area contributed by atoms with Gasteiger partial charge in [-0.25, -0.2) is 0 Å². The second-order valence-electron chi connectivity index (χ2n) is 3.31. The van der Waals surface area contributed by atoms with E-state index in [-0.39, 0.29) is 5.24 Å². The van der Waals surface area contributed by atoms with Crippen LogP contribution in [0.2, 0.25) is 0 Å². The number of nitrogens with zero attached hydrogens (tertiary/aromatic N) is 1. The highest BCUT2D eigenvalue weighted by Crippen LogP contribution is 2.20. The quantitative estimate of drug-likeness (QED) is 0.593. The molecular weight excluding hydrogens is 162 g/mol. The minimum absolute atomic E-state index is 0.181. The Labute approximate surface area is 72.5 Å². The van der Waals surface area contributed by atoms with Crippen LogP contribution >= 0.6 is 11.6 Å². The van der Waals surface area contributed by atoms with Crippen LogP contribution in [0.3, 0.4) is 0 Å². The summed E-state index contributed by atoms with van der Waals surface area (Å²) in [5.41, 5.74) is 0. The molecule has 64 valence electrons. The van der Waals surface area contributed by atoms with Gasteiger partial charge in [0, 0.05) is 6.42 Å². The van der Waals surface area contributed by atoms with Gasteiger partial charge < -0.3 is 4.90 Å². The van der Waals surface area contributed by atoms with Crippen molar-refractivity contribution in [2.24, 2.45) is 5.92 Å². The lowest BCUT2D eigenvalue weighted by atomic mass is 9.94. The number of rotatable bonds is 2. The standard InChI is InChI=1S/C8H14ClNO/c1-10-4-2-7(3-5-10)6-8(9)11/h7H,2-6H2,1H3. The van der Waals surface area contributed by atoms with Crippen LogP contribution in [0.4, 0.5) is 0 Å². The van der Waals surface area contributed by atoms with E-state index in [0.29, 0.717) is 12.3 Å². The summed E-state index contributed by atoms with van der Waals surface area (Å²) in [6, 6.07) is 0. The molecule has 1 heterocycles. The lowest BCUT2D eigenvalue weighted by molar-refractivity contribution is -0.112. The van der Waals surface area contributed by atoms with Crippen LogP contribution in [0.1, 0.15) is 19.3 Å². The summed E-state index contributed by atoms with van der Waals surface area (Å²) in [5.74, 6) is 0.538. The molecule has 1 aliphatic rings. The first kappa shape index (κ1) is 9.01. The second-order valence-corrected chi connectivity index (χ2v) is 3.73. The Morgan fingerprint density at radius 3 is 2.55 bits per heavy atom. The van der Waals surface area contributed by atoms with Crippen LogP contribution in [0, 0.1) is 5.92 Å². The molecule has 11 heavy (non-hydrogen) atoms. The summed E-state index contributed by atoms with van der Waals surface area (Å²) in [6.45, 7) is 2.21. The van der Waals surface area contributed by atoms with Crippen molar-refractivity contribution in [1.82, 2.24) is 4.90 Å². The largest absolute Gasteiger partial charge is 0.306 e. The Bertz CT molecular complexity index is 141. The summed E-state index contributed by atoms with van der Waals surface area (Å²) in [7, 11) is 2.11. The number of piperidine rings is 1. The van der Waals surface area contributed by atoms with Gasteiger partial charge in [0.2, 0.25) is 5.24 Å². The predicted octanol–water partition coefficient (Wildman–Crippen LogP) is 1.48. The van der Waals surface area contributed by atoms with Crippen LogP contribution in [-0.2, 0) is 4.79 Å². The summed E-state index contributed by atoms with van der Waals surface area (Å²) < 4.78 is 0. The molecule has 0 atom stereocenters. The molecule has 0 bridgehead atoms. The molecule has 1 fully saturated rings. The Morgan fingerprint density at radius 1 is 1.55 bits per heavy atom. The summed E-state index contributed by atoms with van der Waals surface area (Å²) >= 11 is 5.29. The van der Waals surface area contributed by atoms with E-state index in [2.05, 4.69) is 11.9 Å². The molecule has 0 N–H and O–H groups in total. The number of carbonyl (C=O) groups excluding carboxylic acids is 1. The topological polar surface area (TPSA) is 20.3 Å². The van der Waals surface area contributed by atoms with Crippen LogP contribution in [-0.4, -0.2) is 30.3 Å². The fourth-order valence-corrected chi connectivity index (χ4v) is 1.71. The molecule has 0 radical (unpaired) electrons. The Morgan fingerprint density at radius 2 is 2.09 bits per heavy atom. The number of hydrogen-bond acceptors (Lipinski definition) is 2. The highest BCUT2D eigenvalue weighted by atomic mass is 35.5. The maximum absolute atomic E-state index is 10.5. The fourth-order valence-electron chi connectivity index (χ4n) is 1.49. The van der Waals surface area contributed by atoms with Gasteiger partial charge in [-0.05, 0) is 50.5 Å². The van der Waals surface area contributed by atoms with E-state index < -0.39 is 0 Å². The SMILES string of the molecule is CN1CCC(CC(=O)Cl)CC1. The van der Waals surface area contributed by atoms with Crippen LogP contribution in [0.5, 0.6) is 0 Å². The average molecular weight is 176 g/mol. The van der Waals surface area contributed by atoms with E-state index in [1.54, 1.807) is 0 Å². The summed E-state index contributed by atoms with van der Waals surface area (Å²) in [4.78, 5) is 12.8. The molecule has 2 nitrogen and oxygen atoms in total. The third kappa shape index (κ3) is 3.21. The molecule has 0 saturated carbocycles. The highest BCUT2D eigenvalue weighted by molar-refractivity contribution is 6.63. The third-order valence-corrected chi connectivity index (χ3v) is 2.44. The van der Waals surface area contributed by atoms with Gasteiger partial charge in [-0.15, -0.1) is 0 Å². The normalized spacial score (nSPS) is 22.0. The molecule has 1 saturated heterocycles. The zero-order chi connectivity index (χ0) is 8.27. The molecule has 3 heteroatoms. The van der Waals surface area contributed by atoms with E-state index in [0.717, 1.165) is 25.9 Å². The lowest BCUT2D eigenvalue weighted by Crippen LogP contribution is -2.30. The van der Waals surface area contributed by atoms with Crippen molar-refractivity contribution in [2.75, 3.05) is 20.1 Å². The molecule has 0 amide bonds. The first-order chi connectivity index (χ1) is 5.18. The Kier molecular flexibility index (Phi) is 3.34. The van der Waals surface area contributed by atoms with E-state index in [1.165, 1.54) is 0 Å². The van der Waals surface area contributed by atoms with Crippen molar-refractivity contribution in [3.8, 4) is 0 Å². The monoisotopic (exact) mass is 175 g/mol. The van der Waals surface area contributed by atoms with E-state index in [1.807, 2.05) is 0 Å². The highest BCUT2D eigenvalue weighted by Gasteiger charge is 2.18. The van der Waals surface area contributed by atoms with Gasteiger partial charge in [0.25, 0.3) is 0 Å². The van der Waals surface area contributed by atoms with Crippen LogP contribution < -0.4 is 0 Å². The number of likely N-dealkylation sites (tertiary alicyclic amines) is 1. The van der Waals surface area contributed by atoms with E-state index >= 15 is 0 Å². The zero-order valence-electron chi connectivity index (χ0n) is 6.85. The van der Waals surface area contributed by atoms with Crippen LogP contribution in [0.25, 0.3) is 0 Å². The van der Waals surface area contributed by atoms with Gasteiger partial charge >= 0.3 is 0 Å². The van der Waals surface area contributed by atoms with Gasteiger partial charge in [-0.2, -0.15) is 0 Å². The maximum atomic E-state index is 10.5. The second kappa shape index (κ2) is 4.07. The van der Waals surface area contributed by atoms with Crippen molar-refractivity contribution in [3.05, 3.63) is 0 Å². The number of halogens is 1. The molecule has 0 aromatic carbocycles. The van der Waals surface area contributed by atoms with Crippen molar-refractivity contribution < 1.29 is 4.79 Å². The minimum atomic E-state index is -0.181. The smallest absolute Gasteiger partial charge is 0.221 e. The predicted molar refractivity (Wildman–Crippen MR) is 45.7 cm³/mol. The van der Waals surface area contributed by atoms with Crippen molar-refractivity contribution in [2.45, 2.75) is 19.3 Å². The van der Waals surface area contributed by atoms with Gasteiger partial charge in [0.1, 0.15) is 0 Å². The Hall–Kier alpha value is -0.0800. The molecular formula is C8H14ClNO. The van der Waals surface area contributed by atoms with E-state index in [9.17, 15) is 4.79 Å². The molecule has 1 aliphatic heterocycles. The molecule has 0 spiro atoms. The van der Waals surface area contributed by atoms with E-state index in [4.69, 9.17) is 11.6 Å². The molecule has 0 aromatic rings. The molecule has 0 unspecified atom stereocenters. The van der Waals surface area contributed by atoms with Gasteiger partial charge in [0.15, 0.2) is 0 Å². The number of hydrogen-bond donors (Lipinski definition) is 0. The fraction of sp³-hybridized carbons (Fsp3) is 0.875. The van der Waals surface area contributed by atoms with Gasteiger partial charge in [-0.1, -0.05) is 0 Å². The molecule has 1 rings (SSSR count). The average Bonchev–Trinajstić information content (AvgIpc) is 1.93. The zero-order valence-corrected chi connectivity index (χ0v) is 7.60. The first-order valence-corrected chi connectivity index (χ1v) is 4.43. The lowest BCUT2D eigenvalue weighted by Gasteiger charge is -2.27. The summed E-state index contributed by atoms with van der Waals surface area (Å²) in [5, 5.41) is -0.181. The van der Waals surface area contributed by atoms with Gasteiger partial charge in [0.05, 0.1) is 0 Å². The number of carbonyl (C=O) groups is 1. The van der Waals surface area contributed by atoms with Crippen molar-refractivity contribution >= 4 is 16.8 Å². The van der Waals surface area contributed by atoms with Crippen LogP contribution in [0.15, 0.2) is 0 Å². The van der Waals surface area contributed by atoms with Crippen molar-refractivity contribution in [1.29, 1.82) is 0 Å². The maximum Gasteiger partial charge on any atom is 0.221 e. The minimum Gasteiger partial charge on any atom is -0.306 e. The molecule has 0 aromatic heterocycles. The Balaban J connectivity index is 2.22. The first-order valence-electron chi connectivity index (χ1n) is 4.05. The van der Waals surface area contributed by atoms with Gasteiger partial charge in [-0.3, -0.25) is 4.79 Å². The summed E-state index contributed by atoms with van der Waals surface area (Å²) in [6.07, 6.45) is 2.80.